The molecule has 0 bridgehead atoms. The van der Waals surface area contributed by atoms with Gasteiger partial charge in [0.15, 0.2) is 9.84 Å². The molecule has 1 amide bonds. The lowest BCUT2D eigenvalue weighted by Crippen LogP contribution is -2.44. The number of amides is 1. The molecule has 1 atom stereocenters. The van der Waals surface area contributed by atoms with E-state index in [0.29, 0.717) is 35.9 Å². The van der Waals surface area contributed by atoms with Crippen molar-refractivity contribution in [3.8, 4) is 0 Å². The molecule has 3 aromatic rings. The number of morpholine rings is 1. The molecule has 0 radical (unpaired) electrons. The molecular weight excluding hydrogens is 472 g/mol. The van der Waals surface area contributed by atoms with Crippen molar-refractivity contribution in [3.63, 3.8) is 0 Å². The molecule has 0 aromatic heterocycles. The Hall–Kier alpha value is -2.71. The van der Waals surface area contributed by atoms with Crippen LogP contribution in [-0.2, 0) is 20.3 Å². The maximum absolute atomic E-state index is 13.0. The molecule has 1 aliphatic heterocycles. The van der Waals surface area contributed by atoms with E-state index in [9.17, 15) is 13.2 Å². The Morgan fingerprint density at radius 1 is 0.971 bits per heavy atom. The standard InChI is InChI=1S/C26H27ClN2O4S/c27-24-12-5-4-11-23(24)25(29-13-15-33-16-14-29)18-28-26(30)21-8-6-7-20(17-21)19-34(31,32)22-9-2-1-3-10-22/h1-12,17,25H,13-16,18-19H2,(H,28,30). The second-order valence-corrected chi connectivity index (χ2v) is 10.6. The van der Waals surface area contributed by atoms with Crippen molar-refractivity contribution in [1.82, 2.24) is 10.2 Å². The number of hydrogen-bond acceptors (Lipinski definition) is 5. The Kier molecular flexibility index (Phi) is 8.00. The quantitative estimate of drug-likeness (QED) is 0.505. The average molecular weight is 499 g/mol. The monoisotopic (exact) mass is 498 g/mol. The number of rotatable bonds is 8. The summed E-state index contributed by atoms with van der Waals surface area (Å²) in [7, 11) is -3.50. The predicted molar refractivity (Wildman–Crippen MR) is 133 cm³/mol. The first-order valence-electron chi connectivity index (χ1n) is 11.2. The minimum absolute atomic E-state index is 0.0943. The largest absolute Gasteiger partial charge is 0.379 e. The van der Waals surface area contributed by atoms with Gasteiger partial charge < -0.3 is 10.1 Å². The summed E-state index contributed by atoms with van der Waals surface area (Å²) in [4.78, 5) is 15.5. The molecule has 6 nitrogen and oxygen atoms in total. The molecule has 4 rings (SSSR count). The van der Waals surface area contributed by atoms with Gasteiger partial charge in [-0.3, -0.25) is 9.69 Å². The zero-order valence-electron chi connectivity index (χ0n) is 18.7. The van der Waals surface area contributed by atoms with Crippen molar-refractivity contribution < 1.29 is 17.9 Å². The molecule has 1 aliphatic rings. The molecule has 0 spiro atoms. The fourth-order valence-corrected chi connectivity index (χ4v) is 5.71. The van der Waals surface area contributed by atoms with E-state index < -0.39 is 9.84 Å². The maximum atomic E-state index is 13.0. The van der Waals surface area contributed by atoms with E-state index in [1.165, 1.54) is 0 Å². The Morgan fingerprint density at radius 3 is 2.41 bits per heavy atom. The molecule has 1 heterocycles. The molecule has 1 fully saturated rings. The van der Waals surface area contributed by atoms with Gasteiger partial charge in [-0.1, -0.05) is 60.1 Å². The van der Waals surface area contributed by atoms with E-state index in [1.807, 2.05) is 24.3 Å². The van der Waals surface area contributed by atoms with Crippen LogP contribution in [0.3, 0.4) is 0 Å². The molecule has 1 N–H and O–H groups in total. The highest BCUT2D eigenvalue weighted by Crippen LogP contribution is 2.28. The van der Waals surface area contributed by atoms with E-state index in [-0.39, 0.29) is 22.6 Å². The van der Waals surface area contributed by atoms with Gasteiger partial charge in [0.05, 0.1) is 29.9 Å². The maximum Gasteiger partial charge on any atom is 0.251 e. The zero-order chi connectivity index (χ0) is 24.0. The third kappa shape index (κ3) is 6.04. The van der Waals surface area contributed by atoms with E-state index in [1.54, 1.807) is 54.6 Å². The second kappa shape index (κ2) is 11.1. The normalized spacial score (nSPS) is 15.6. The molecule has 0 aliphatic carbocycles. The Labute approximate surface area is 205 Å². The number of ether oxygens (including phenoxy) is 1. The number of benzene rings is 3. The SMILES string of the molecule is O=C(NCC(c1ccccc1Cl)N1CCOCC1)c1cccc(CS(=O)(=O)c2ccccc2)c1. The van der Waals surface area contributed by atoms with Crippen LogP contribution in [0, 0.1) is 0 Å². The zero-order valence-corrected chi connectivity index (χ0v) is 20.3. The third-order valence-corrected chi connectivity index (χ3v) is 7.90. The molecule has 8 heteroatoms. The molecule has 3 aromatic carbocycles. The van der Waals surface area contributed by atoms with Crippen molar-refractivity contribution in [3.05, 3.63) is 101 Å². The lowest BCUT2D eigenvalue weighted by Gasteiger charge is -2.35. The Morgan fingerprint density at radius 2 is 1.68 bits per heavy atom. The van der Waals surface area contributed by atoms with Crippen LogP contribution in [0.25, 0.3) is 0 Å². The molecule has 1 unspecified atom stereocenters. The molecule has 178 valence electrons. The highest BCUT2D eigenvalue weighted by Gasteiger charge is 2.25. The van der Waals surface area contributed by atoms with Gasteiger partial charge in [0.2, 0.25) is 0 Å². The number of carbonyl (C=O) groups excluding carboxylic acids is 1. The van der Waals surface area contributed by atoms with E-state index in [4.69, 9.17) is 16.3 Å². The van der Waals surface area contributed by atoms with Crippen LogP contribution in [0.5, 0.6) is 0 Å². The van der Waals surface area contributed by atoms with Crippen LogP contribution in [0.2, 0.25) is 5.02 Å². The summed E-state index contributed by atoms with van der Waals surface area (Å²) in [6, 6.07) is 22.6. The van der Waals surface area contributed by atoms with Gasteiger partial charge in [-0.2, -0.15) is 0 Å². The summed E-state index contributed by atoms with van der Waals surface area (Å²) in [5.41, 5.74) is 1.93. The number of sulfone groups is 1. The van der Waals surface area contributed by atoms with E-state index in [0.717, 1.165) is 18.7 Å². The summed E-state index contributed by atoms with van der Waals surface area (Å²) >= 11 is 6.48. The van der Waals surface area contributed by atoms with E-state index >= 15 is 0 Å². The lowest BCUT2D eigenvalue weighted by molar-refractivity contribution is 0.0162. The highest BCUT2D eigenvalue weighted by molar-refractivity contribution is 7.90. The van der Waals surface area contributed by atoms with Crippen LogP contribution >= 0.6 is 11.6 Å². The fourth-order valence-electron chi connectivity index (χ4n) is 4.09. The third-order valence-electron chi connectivity index (χ3n) is 5.85. The summed E-state index contributed by atoms with van der Waals surface area (Å²) in [6.07, 6.45) is 0. The number of nitrogens with zero attached hydrogens (tertiary/aromatic N) is 1. The van der Waals surface area contributed by atoms with Crippen molar-refractivity contribution in [2.45, 2.75) is 16.7 Å². The minimum Gasteiger partial charge on any atom is -0.379 e. The van der Waals surface area contributed by atoms with Gasteiger partial charge in [0.1, 0.15) is 0 Å². The van der Waals surface area contributed by atoms with Gasteiger partial charge >= 0.3 is 0 Å². The Balaban J connectivity index is 1.48. The minimum atomic E-state index is -3.50. The van der Waals surface area contributed by atoms with E-state index in [2.05, 4.69) is 10.2 Å². The van der Waals surface area contributed by atoms with Crippen molar-refractivity contribution in [2.24, 2.45) is 0 Å². The highest BCUT2D eigenvalue weighted by atomic mass is 35.5. The summed E-state index contributed by atoms with van der Waals surface area (Å²) in [5, 5.41) is 3.67. The number of carbonyl (C=O) groups is 1. The lowest BCUT2D eigenvalue weighted by atomic mass is 10.0. The van der Waals surface area contributed by atoms with Crippen molar-refractivity contribution in [2.75, 3.05) is 32.8 Å². The number of halogens is 1. The van der Waals surface area contributed by atoms with Gasteiger partial charge in [-0.15, -0.1) is 0 Å². The average Bonchev–Trinajstić information content (AvgIpc) is 2.86. The van der Waals surface area contributed by atoms with Gasteiger partial charge in [0, 0.05) is 30.2 Å². The van der Waals surface area contributed by atoms with Crippen LogP contribution < -0.4 is 5.32 Å². The van der Waals surface area contributed by atoms with Crippen LogP contribution in [0.15, 0.2) is 83.8 Å². The first kappa shape index (κ1) is 24.4. The molecule has 0 saturated carbocycles. The Bertz CT molecular complexity index is 1230. The second-order valence-electron chi connectivity index (χ2n) is 8.17. The first-order chi connectivity index (χ1) is 16.4. The molecule has 1 saturated heterocycles. The number of hydrogen-bond donors (Lipinski definition) is 1. The first-order valence-corrected chi connectivity index (χ1v) is 13.2. The van der Waals surface area contributed by atoms with Crippen molar-refractivity contribution >= 4 is 27.3 Å². The molecular formula is C26H27ClN2O4S. The molecule has 34 heavy (non-hydrogen) atoms. The van der Waals surface area contributed by atoms with Crippen molar-refractivity contribution in [1.29, 1.82) is 0 Å². The summed E-state index contributed by atoms with van der Waals surface area (Å²) in [6.45, 7) is 3.13. The predicted octanol–water partition coefficient (Wildman–Crippen LogP) is 4.12. The van der Waals surface area contributed by atoms with Crippen LogP contribution in [0.4, 0.5) is 0 Å². The van der Waals surface area contributed by atoms with Gasteiger partial charge in [0.25, 0.3) is 5.91 Å². The van der Waals surface area contributed by atoms with Gasteiger partial charge in [-0.25, -0.2) is 8.42 Å². The summed E-state index contributed by atoms with van der Waals surface area (Å²) in [5.74, 6) is -0.432. The topological polar surface area (TPSA) is 75.7 Å². The fraction of sp³-hybridized carbons (Fsp3) is 0.269. The van der Waals surface area contributed by atoms with Crippen LogP contribution in [0.1, 0.15) is 27.5 Å². The van der Waals surface area contributed by atoms with Crippen LogP contribution in [-0.4, -0.2) is 52.1 Å². The smallest absolute Gasteiger partial charge is 0.251 e. The number of nitrogens with one attached hydrogen (secondary N) is 1. The summed E-state index contributed by atoms with van der Waals surface area (Å²) < 4.78 is 31.0. The van der Waals surface area contributed by atoms with Gasteiger partial charge in [-0.05, 0) is 41.5 Å².